The zero-order valence-corrected chi connectivity index (χ0v) is 14.0. The van der Waals surface area contributed by atoms with Crippen LogP contribution in [-0.2, 0) is 4.79 Å². The van der Waals surface area contributed by atoms with E-state index in [1.54, 1.807) is 20.1 Å². The maximum atomic E-state index is 12.2. The number of amides is 1. The number of halogens is 1. The van der Waals surface area contributed by atoms with E-state index in [-0.39, 0.29) is 18.4 Å². The van der Waals surface area contributed by atoms with E-state index in [0.29, 0.717) is 10.8 Å². The molecule has 0 fully saturated rings. The van der Waals surface area contributed by atoms with Gasteiger partial charge in [-0.1, -0.05) is 48.0 Å². The minimum atomic E-state index is -0.397. The van der Waals surface area contributed by atoms with Gasteiger partial charge in [0.25, 0.3) is 0 Å². The van der Waals surface area contributed by atoms with Crippen molar-refractivity contribution in [1.29, 1.82) is 0 Å². The van der Waals surface area contributed by atoms with Gasteiger partial charge in [0.05, 0.1) is 13.2 Å². The van der Waals surface area contributed by atoms with Gasteiger partial charge in [-0.3, -0.25) is 4.79 Å². The summed E-state index contributed by atoms with van der Waals surface area (Å²) in [7, 11) is 1.60. The van der Waals surface area contributed by atoms with Crippen molar-refractivity contribution < 1.29 is 9.53 Å². The quantitative estimate of drug-likeness (QED) is 0.853. The largest absolute Gasteiger partial charge is 0.496 e. The fourth-order valence-electron chi connectivity index (χ4n) is 2.45. The summed E-state index contributed by atoms with van der Waals surface area (Å²) in [5.41, 5.74) is 7.39. The summed E-state index contributed by atoms with van der Waals surface area (Å²) in [5, 5.41) is 3.60. The predicted octanol–water partition coefficient (Wildman–Crippen LogP) is 3.29. The highest BCUT2D eigenvalue weighted by atomic mass is 35.5. The Bertz CT molecular complexity index is 674. The molecule has 0 saturated carbocycles. The summed E-state index contributed by atoms with van der Waals surface area (Å²) < 4.78 is 5.43. The Kier molecular flexibility index (Phi) is 6.02. The lowest BCUT2D eigenvalue weighted by molar-refractivity contribution is -0.121. The van der Waals surface area contributed by atoms with Gasteiger partial charge in [0.1, 0.15) is 5.75 Å². The zero-order valence-electron chi connectivity index (χ0n) is 13.3. The molecule has 0 bridgehead atoms. The summed E-state index contributed by atoms with van der Waals surface area (Å²) in [6.07, 6.45) is 0.246. The molecule has 0 spiro atoms. The Morgan fingerprint density at radius 3 is 2.39 bits per heavy atom. The molecule has 0 aromatic heterocycles. The first-order valence-electron chi connectivity index (χ1n) is 7.45. The molecule has 0 aliphatic rings. The molecule has 3 N–H and O–H groups in total. The molecule has 1 amide bonds. The van der Waals surface area contributed by atoms with Crippen molar-refractivity contribution in [2.45, 2.75) is 25.4 Å². The molecule has 23 heavy (non-hydrogen) atoms. The highest BCUT2D eigenvalue weighted by Crippen LogP contribution is 2.33. The van der Waals surface area contributed by atoms with E-state index in [9.17, 15) is 4.79 Å². The molecule has 2 aromatic rings. The normalized spacial score (nSPS) is 13.2. The third-order valence-corrected chi connectivity index (χ3v) is 3.82. The third-order valence-electron chi connectivity index (χ3n) is 3.48. The fraction of sp³-hybridized carbons (Fsp3) is 0.278. The van der Waals surface area contributed by atoms with E-state index in [0.717, 1.165) is 11.1 Å². The van der Waals surface area contributed by atoms with Crippen LogP contribution in [0.2, 0.25) is 5.02 Å². The molecule has 0 aliphatic heterocycles. The molecular weight excluding hydrogens is 312 g/mol. The molecule has 2 rings (SSSR count). The van der Waals surface area contributed by atoms with Gasteiger partial charge in [-0.15, -0.1) is 0 Å². The van der Waals surface area contributed by atoms with Gasteiger partial charge in [-0.2, -0.15) is 0 Å². The number of methoxy groups -OCH3 is 1. The van der Waals surface area contributed by atoms with Gasteiger partial charge < -0.3 is 15.8 Å². The Morgan fingerprint density at radius 2 is 1.78 bits per heavy atom. The molecule has 2 atom stereocenters. The van der Waals surface area contributed by atoms with E-state index in [2.05, 4.69) is 5.32 Å². The number of hydrogen-bond donors (Lipinski definition) is 2. The minimum absolute atomic E-state index is 0.129. The van der Waals surface area contributed by atoms with Crippen LogP contribution >= 0.6 is 11.6 Å². The van der Waals surface area contributed by atoms with Crippen LogP contribution in [0.4, 0.5) is 0 Å². The van der Waals surface area contributed by atoms with E-state index in [1.807, 2.05) is 42.5 Å². The van der Waals surface area contributed by atoms with Crippen molar-refractivity contribution in [1.82, 2.24) is 5.32 Å². The maximum Gasteiger partial charge on any atom is 0.222 e. The smallest absolute Gasteiger partial charge is 0.222 e. The Hall–Kier alpha value is -2.04. The molecule has 122 valence electrons. The first kappa shape index (κ1) is 17.3. The van der Waals surface area contributed by atoms with Crippen molar-refractivity contribution in [3.05, 3.63) is 64.7 Å². The van der Waals surface area contributed by atoms with E-state index < -0.39 is 6.04 Å². The van der Waals surface area contributed by atoms with Gasteiger partial charge in [0, 0.05) is 23.0 Å². The second kappa shape index (κ2) is 7.99. The number of nitrogens with two attached hydrogens (primary N) is 1. The summed E-state index contributed by atoms with van der Waals surface area (Å²) in [5.74, 6) is 0.564. The van der Waals surface area contributed by atoms with Crippen molar-refractivity contribution in [2.75, 3.05) is 7.11 Å². The first-order chi connectivity index (χ1) is 11.0. The van der Waals surface area contributed by atoms with Crippen LogP contribution < -0.4 is 15.8 Å². The number of rotatable bonds is 6. The van der Waals surface area contributed by atoms with E-state index in [1.165, 1.54) is 0 Å². The van der Waals surface area contributed by atoms with Gasteiger partial charge in [0.2, 0.25) is 5.91 Å². The number of carbonyl (C=O) groups is 1. The van der Waals surface area contributed by atoms with Crippen molar-refractivity contribution in [2.24, 2.45) is 5.73 Å². The lowest BCUT2D eigenvalue weighted by atomic mass is 9.97. The molecule has 0 radical (unpaired) electrons. The predicted molar refractivity (Wildman–Crippen MR) is 92.7 cm³/mol. The monoisotopic (exact) mass is 332 g/mol. The molecule has 0 heterocycles. The highest BCUT2D eigenvalue weighted by molar-refractivity contribution is 6.31. The highest BCUT2D eigenvalue weighted by Gasteiger charge is 2.22. The van der Waals surface area contributed by atoms with E-state index in [4.69, 9.17) is 22.1 Å². The van der Waals surface area contributed by atoms with Gasteiger partial charge in [-0.25, -0.2) is 0 Å². The van der Waals surface area contributed by atoms with Gasteiger partial charge in [0.15, 0.2) is 0 Å². The standard InChI is InChI=1S/C18H21ClN2O2/c1-12(20)11-17(22)21-18(13-7-3-5-9-15(13)19)14-8-4-6-10-16(14)23-2/h3-10,12,18H,11,20H2,1-2H3,(H,21,22). The Labute approximate surface area is 141 Å². The number of carbonyl (C=O) groups excluding carboxylic acids is 1. The fourth-order valence-corrected chi connectivity index (χ4v) is 2.69. The number of ether oxygens (including phenoxy) is 1. The molecule has 2 unspecified atom stereocenters. The zero-order chi connectivity index (χ0) is 16.8. The van der Waals surface area contributed by atoms with Crippen LogP contribution in [0.15, 0.2) is 48.5 Å². The molecule has 2 aromatic carbocycles. The van der Waals surface area contributed by atoms with E-state index >= 15 is 0 Å². The average Bonchev–Trinajstić information content (AvgIpc) is 2.53. The van der Waals surface area contributed by atoms with Crippen LogP contribution in [0, 0.1) is 0 Å². The Balaban J connectivity index is 2.43. The van der Waals surface area contributed by atoms with Crippen molar-refractivity contribution >= 4 is 17.5 Å². The summed E-state index contributed by atoms with van der Waals surface area (Å²) in [6, 6.07) is 14.4. The summed E-state index contributed by atoms with van der Waals surface area (Å²) in [6.45, 7) is 1.80. The molecular formula is C18H21ClN2O2. The average molecular weight is 333 g/mol. The molecule has 4 nitrogen and oxygen atoms in total. The molecule has 0 aliphatic carbocycles. The number of hydrogen-bond acceptors (Lipinski definition) is 3. The Morgan fingerprint density at radius 1 is 1.17 bits per heavy atom. The van der Waals surface area contributed by atoms with Crippen LogP contribution in [0.1, 0.15) is 30.5 Å². The summed E-state index contributed by atoms with van der Waals surface area (Å²) in [4.78, 5) is 12.2. The SMILES string of the molecule is COc1ccccc1C(NC(=O)CC(C)N)c1ccccc1Cl. The number of para-hydroxylation sites is 1. The van der Waals surface area contributed by atoms with Gasteiger partial charge >= 0.3 is 0 Å². The topological polar surface area (TPSA) is 64.3 Å². The van der Waals surface area contributed by atoms with Crippen molar-refractivity contribution in [3.63, 3.8) is 0 Å². The maximum absolute atomic E-state index is 12.2. The van der Waals surface area contributed by atoms with Crippen LogP contribution in [0.3, 0.4) is 0 Å². The number of nitrogens with one attached hydrogen (secondary N) is 1. The van der Waals surface area contributed by atoms with Crippen LogP contribution in [0.5, 0.6) is 5.75 Å². The molecule has 0 saturated heterocycles. The van der Waals surface area contributed by atoms with Crippen LogP contribution in [0.25, 0.3) is 0 Å². The van der Waals surface area contributed by atoms with Gasteiger partial charge in [-0.05, 0) is 24.6 Å². The third kappa shape index (κ3) is 4.47. The van der Waals surface area contributed by atoms with Crippen molar-refractivity contribution in [3.8, 4) is 5.75 Å². The minimum Gasteiger partial charge on any atom is -0.496 e. The lowest BCUT2D eigenvalue weighted by Crippen LogP contribution is -2.33. The van der Waals surface area contributed by atoms with Crippen LogP contribution in [-0.4, -0.2) is 19.1 Å². The second-order valence-electron chi connectivity index (χ2n) is 5.45. The lowest BCUT2D eigenvalue weighted by Gasteiger charge is -2.23. The second-order valence-corrected chi connectivity index (χ2v) is 5.85. The first-order valence-corrected chi connectivity index (χ1v) is 7.83. The number of benzene rings is 2. The summed E-state index contributed by atoms with van der Waals surface area (Å²) >= 11 is 6.34. The molecule has 5 heteroatoms.